The Balaban J connectivity index is 2.25. The molecular formula is C13H17N3. The third kappa shape index (κ3) is 2.02. The maximum Gasteiger partial charge on any atom is 0.101 e. The number of likely N-dealkylation sites (N-methyl/N-ethyl adjacent to an activating group) is 1. The first-order chi connectivity index (χ1) is 7.77. The summed E-state index contributed by atoms with van der Waals surface area (Å²) in [5.74, 6) is 0.710. The molecule has 0 aliphatic heterocycles. The maximum atomic E-state index is 9.07. The van der Waals surface area contributed by atoms with Crippen LogP contribution in [0.2, 0.25) is 0 Å². The molecule has 0 spiro atoms. The van der Waals surface area contributed by atoms with Gasteiger partial charge >= 0.3 is 0 Å². The van der Waals surface area contributed by atoms with E-state index in [0.717, 1.165) is 11.3 Å². The van der Waals surface area contributed by atoms with Crippen molar-refractivity contribution in [3.8, 4) is 6.07 Å². The molecule has 1 aliphatic carbocycles. The summed E-state index contributed by atoms with van der Waals surface area (Å²) in [5.41, 5.74) is 7.54. The standard InChI is InChI=1S/C13H17N3/c1-16(13(9-15)10-6-7-10)12-5-3-2-4-11(12)8-14/h2-5,10,13H,6-7,9,15H2,1H3. The molecule has 1 unspecified atom stereocenters. The number of para-hydroxylation sites is 1. The largest absolute Gasteiger partial charge is 0.369 e. The van der Waals surface area contributed by atoms with Crippen molar-refractivity contribution in [2.45, 2.75) is 18.9 Å². The molecule has 0 heterocycles. The highest BCUT2D eigenvalue weighted by Gasteiger charge is 2.33. The molecule has 0 aromatic heterocycles. The third-order valence-electron chi connectivity index (χ3n) is 3.31. The fraction of sp³-hybridized carbons (Fsp3) is 0.462. The van der Waals surface area contributed by atoms with E-state index in [0.29, 0.717) is 18.5 Å². The van der Waals surface area contributed by atoms with Crippen LogP contribution in [-0.2, 0) is 0 Å². The minimum atomic E-state index is 0.370. The van der Waals surface area contributed by atoms with Crippen LogP contribution < -0.4 is 10.6 Å². The molecular weight excluding hydrogens is 198 g/mol. The highest BCUT2D eigenvalue weighted by molar-refractivity contribution is 5.59. The second-order valence-corrected chi connectivity index (χ2v) is 4.38. The molecule has 16 heavy (non-hydrogen) atoms. The van der Waals surface area contributed by atoms with E-state index in [4.69, 9.17) is 11.0 Å². The number of anilines is 1. The fourth-order valence-corrected chi connectivity index (χ4v) is 2.20. The van der Waals surface area contributed by atoms with Crippen LogP contribution >= 0.6 is 0 Å². The molecule has 1 fully saturated rings. The van der Waals surface area contributed by atoms with Crippen molar-refractivity contribution in [2.75, 3.05) is 18.5 Å². The molecule has 1 atom stereocenters. The Morgan fingerprint density at radius 1 is 1.50 bits per heavy atom. The van der Waals surface area contributed by atoms with Gasteiger partial charge in [0, 0.05) is 19.6 Å². The van der Waals surface area contributed by atoms with Crippen LogP contribution in [0.5, 0.6) is 0 Å². The first kappa shape index (κ1) is 11.0. The second-order valence-electron chi connectivity index (χ2n) is 4.38. The van der Waals surface area contributed by atoms with E-state index in [-0.39, 0.29) is 0 Å². The van der Waals surface area contributed by atoms with Crippen LogP contribution in [0, 0.1) is 17.2 Å². The number of nitrogens with zero attached hydrogens (tertiary/aromatic N) is 2. The molecule has 3 nitrogen and oxygen atoms in total. The van der Waals surface area contributed by atoms with Crippen LogP contribution in [0.4, 0.5) is 5.69 Å². The highest BCUT2D eigenvalue weighted by atomic mass is 15.2. The monoisotopic (exact) mass is 215 g/mol. The zero-order valence-corrected chi connectivity index (χ0v) is 9.56. The molecule has 2 N–H and O–H groups in total. The zero-order valence-electron chi connectivity index (χ0n) is 9.56. The molecule has 1 aliphatic rings. The van der Waals surface area contributed by atoms with Crippen LogP contribution in [0.15, 0.2) is 24.3 Å². The van der Waals surface area contributed by atoms with Gasteiger partial charge in [0.2, 0.25) is 0 Å². The van der Waals surface area contributed by atoms with Crippen molar-refractivity contribution in [1.29, 1.82) is 5.26 Å². The minimum absolute atomic E-state index is 0.370. The molecule has 0 radical (unpaired) electrons. The van der Waals surface area contributed by atoms with Gasteiger partial charge in [-0.25, -0.2) is 0 Å². The third-order valence-corrected chi connectivity index (χ3v) is 3.31. The predicted octanol–water partition coefficient (Wildman–Crippen LogP) is 1.73. The number of benzene rings is 1. The van der Waals surface area contributed by atoms with E-state index in [9.17, 15) is 0 Å². The summed E-state index contributed by atoms with van der Waals surface area (Å²) in [7, 11) is 2.03. The zero-order chi connectivity index (χ0) is 11.5. The van der Waals surface area contributed by atoms with E-state index in [1.807, 2.05) is 31.3 Å². The van der Waals surface area contributed by atoms with Gasteiger partial charge in [-0.15, -0.1) is 0 Å². The second kappa shape index (κ2) is 4.54. The van der Waals surface area contributed by atoms with Gasteiger partial charge in [-0.2, -0.15) is 5.26 Å². The Labute approximate surface area is 96.5 Å². The quantitative estimate of drug-likeness (QED) is 0.832. The highest BCUT2D eigenvalue weighted by Crippen LogP contribution is 2.36. The summed E-state index contributed by atoms with van der Waals surface area (Å²) in [6.45, 7) is 0.654. The van der Waals surface area contributed by atoms with E-state index in [1.165, 1.54) is 12.8 Å². The van der Waals surface area contributed by atoms with Crippen molar-refractivity contribution in [3.05, 3.63) is 29.8 Å². The van der Waals surface area contributed by atoms with Crippen LogP contribution in [0.25, 0.3) is 0 Å². The van der Waals surface area contributed by atoms with Crippen LogP contribution in [0.1, 0.15) is 18.4 Å². The van der Waals surface area contributed by atoms with Crippen molar-refractivity contribution in [2.24, 2.45) is 11.7 Å². The fourth-order valence-electron chi connectivity index (χ4n) is 2.20. The average molecular weight is 215 g/mol. The van der Waals surface area contributed by atoms with Gasteiger partial charge in [0.15, 0.2) is 0 Å². The SMILES string of the molecule is CN(c1ccccc1C#N)C(CN)C1CC1. The number of rotatable bonds is 4. The summed E-state index contributed by atoms with van der Waals surface area (Å²) in [5, 5.41) is 9.07. The molecule has 3 heteroatoms. The van der Waals surface area contributed by atoms with Gasteiger partial charge < -0.3 is 10.6 Å². The first-order valence-corrected chi connectivity index (χ1v) is 5.70. The van der Waals surface area contributed by atoms with Gasteiger partial charge in [0.1, 0.15) is 6.07 Å². The summed E-state index contributed by atoms with van der Waals surface area (Å²) >= 11 is 0. The molecule has 84 valence electrons. The summed E-state index contributed by atoms with van der Waals surface area (Å²) in [6.07, 6.45) is 2.53. The maximum absolute atomic E-state index is 9.07. The van der Waals surface area contributed by atoms with E-state index in [1.54, 1.807) is 0 Å². The van der Waals surface area contributed by atoms with Gasteiger partial charge in [-0.3, -0.25) is 0 Å². The van der Waals surface area contributed by atoms with Gasteiger partial charge in [0.25, 0.3) is 0 Å². The Morgan fingerprint density at radius 2 is 2.19 bits per heavy atom. The van der Waals surface area contributed by atoms with Gasteiger partial charge in [-0.1, -0.05) is 12.1 Å². The molecule has 1 aromatic rings. The lowest BCUT2D eigenvalue weighted by Gasteiger charge is -2.29. The topological polar surface area (TPSA) is 53.0 Å². The molecule has 2 rings (SSSR count). The van der Waals surface area contributed by atoms with Crippen molar-refractivity contribution in [1.82, 2.24) is 0 Å². The molecule has 1 aromatic carbocycles. The summed E-state index contributed by atoms with van der Waals surface area (Å²) in [6, 6.07) is 10.3. The van der Waals surface area contributed by atoms with Crippen molar-refractivity contribution in [3.63, 3.8) is 0 Å². The van der Waals surface area contributed by atoms with Crippen molar-refractivity contribution >= 4 is 5.69 Å². The molecule has 0 saturated heterocycles. The summed E-state index contributed by atoms with van der Waals surface area (Å²) < 4.78 is 0. The number of hydrogen-bond acceptors (Lipinski definition) is 3. The Bertz CT molecular complexity index is 404. The Kier molecular flexibility index (Phi) is 3.12. The molecule has 0 bridgehead atoms. The molecule has 0 amide bonds. The lowest BCUT2D eigenvalue weighted by molar-refractivity contribution is 0.570. The lowest BCUT2D eigenvalue weighted by Crippen LogP contribution is -2.40. The van der Waals surface area contributed by atoms with Gasteiger partial charge in [-0.05, 0) is 30.9 Å². The smallest absolute Gasteiger partial charge is 0.101 e. The molecule has 1 saturated carbocycles. The first-order valence-electron chi connectivity index (χ1n) is 5.70. The average Bonchev–Trinajstić information content (AvgIpc) is 3.14. The van der Waals surface area contributed by atoms with E-state index >= 15 is 0 Å². The number of hydrogen-bond donors (Lipinski definition) is 1. The normalized spacial score (nSPS) is 16.6. The van der Waals surface area contributed by atoms with Gasteiger partial charge in [0.05, 0.1) is 11.3 Å². The lowest BCUT2D eigenvalue weighted by atomic mass is 10.1. The Morgan fingerprint density at radius 3 is 2.75 bits per heavy atom. The van der Waals surface area contributed by atoms with Crippen LogP contribution in [0.3, 0.4) is 0 Å². The number of nitrogens with two attached hydrogens (primary N) is 1. The van der Waals surface area contributed by atoms with Crippen LogP contribution in [-0.4, -0.2) is 19.6 Å². The Hall–Kier alpha value is -1.53. The van der Waals surface area contributed by atoms with Crippen molar-refractivity contribution < 1.29 is 0 Å². The predicted molar refractivity (Wildman–Crippen MR) is 65.1 cm³/mol. The van der Waals surface area contributed by atoms with E-state index in [2.05, 4.69) is 11.0 Å². The summed E-state index contributed by atoms with van der Waals surface area (Å²) in [4.78, 5) is 2.16. The minimum Gasteiger partial charge on any atom is -0.369 e. The number of nitriles is 1. The van der Waals surface area contributed by atoms with E-state index < -0.39 is 0 Å².